The molecule has 156 valence electrons. The predicted octanol–water partition coefficient (Wildman–Crippen LogP) is 4.67. The molecular formula is C22H24BrN5O2. The van der Waals surface area contributed by atoms with Crippen LogP contribution in [0.1, 0.15) is 17.1 Å². The molecule has 3 rings (SSSR count). The average molecular weight is 470 g/mol. The molecule has 0 amide bonds. The number of nitrogens with zero attached hydrogens (tertiary/aromatic N) is 4. The van der Waals surface area contributed by atoms with Crippen LogP contribution in [-0.4, -0.2) is 33.8 Å². The Morgan fingerprint density at radius 3 is 2.70 bits per heavy atom. The summed E-state index contributed by atoms with van der Waals surface area (Å²) >= 11 is 3.52. The number of benzene rings is 1. The van der Waals surface area contributed by atoms with E-state index in [4.69, 9.17) is 14.5 Å². The van der Waals surface area contributed by atoms with Crippen LogP contribution in [0.4, 0.5) is 5.82 Å². The lowest BCUT2D eigenvalue weighted by molar-refractivity contribution is 0.391. The van der Waals surface area contributed by atoms with Gasteiger partial charge in [-0.15, -0.1) is 0 Å². The molecular weight excluding hydrogens is 446 g/mol. The first-order valence-electron chi connectivity index (χ1n) is 9.31. The van der Waals surface area contributed by atoms with E-state index in [2.05, 4.69) is 44.5 Å². The van der Waals surface area contributed by atoms with E-state index < -0.39 is 0 Å². The minimum absolute atomic E-state index is 0.502. The van der Waals surface area contributed by atoms with Crippen molar-refractivity contribution in [3.63, 3.8) is 0 Å². The van der Waals surface area contributed by atoms with E-state index in [1.807, 2.05) is 31.2 Å². The Balaban J connectivity index is 1.94. The van der Waals surface area contributed by atoms with Gasteiger partial charge in [0.2, 0.25) is 0 Å². The van der Waals surface area contributed by atoms with Crippen LogP contribution in [0.25, 0.3) is 5.65 Å². The van der Waals surface area contributed by atoms with Crippen LogP contribution in [0, 0.1) is 6.92 Å². The minimum Gasteiger partial charge on any atom is -0.497 e. The molecule has 0 unspecified atom stereocenters. The highest BCUT2D eigenvalue weighted by Gasteiger charge is 2.16. The molecule has 0 aliphatic rings. The van der Waals surface area contributed by atoms with E-state index in [0.29, 0.717) is 34.9 Å². The van der Waals surface area contributed by atoms with Crippen LogP contribution in [0.15, 0.2) is 59.8 Å². The molecule has 2 aromatic heterocycles. The van der Waals surface area contributed by atoms with Gasteiger partial charge in [0.25, 0.3) is 0 Å². The molecule has 0 atom stereocenters. The summed E-state index contributed by atoms with van der Waals surface area (Å²) in [6, 6.07) is 5.70. The fraction of sp³-hybridized carbons (Fsp3) is 0.227. The van der Waals surface area contributed by atoms with E-state index in [-0.39, 0.29) is 0 Å². The number of anilines is 1. The quantitative estimate of drug-likeness (QED) is 0.459. The highest BCUT2D eigenvalue weighted by molar-refractivity contribution is 9.10. The monoisotopic (exact) mass is 469 g/mol. The minimum atomic E-state index is 0.502. The molecule has 7 nitrogen and oxygen atoms in total. The lowest BCUT2D eigenvalue weighted by Crippen LogP contribution is -2.08. The summed E-state index contributed by atoms with van der Waals surface area (Å²) in [6.07, 6.45) is 5.96. The molecule has 0 aliphatic carbocycles. The number of hydrogen-bond acceptors (Lipinski definition) is 6. The number of aromatic nitrogens is 4. The summed E-state index contributed by atoms with van der Waals surface area (Å²) in [6.45, 7) is 10.0. The van der Waals surface area contributed by atoms with E-state index in [1.165, 1.54) is 0 Å². The first-order chi connectivity index (χ1) is 14.5. The highest BCUT2D eigenvalue weighted by Crippen LogP contribution is 2.27. The van der Waals surface area contributed by atoms with Gasteiger partial charge in [-0.1, -0.05) is 31.4 Å². The topological polar surface area (TPSA) is 73.6 Å². The molecule has 0 fully saturated rings. The fourth-order valence-electron chi connectivity index (χ4n) is 2.96. The summed E-state index contributed by atoms with van der Waals surface area (Å²) < 4.78 is 13.2. The molecule has 0 bridgehead atoms. The molecule has 30 heavy (non-hydrogen) atoms. The molecule has 1 aromatic carbocycles. The van der Waals surface area contributed by atoms with Gasteiger partial charge in [-0.2, -0.15) is 5.10 Å². The highest BCUT2D eigenvalue weighted by atomic mass is 79.9. The van der Waals surface area contributed by atoms with Gasteiger partial charge in [-0.25, -0.2) is 14.5 Å². The van der Waals surface area contributed by atoms with Crippen molar-refractivity contribution in [2.75, 3.05) is 19.5 Å². The molecule has 0 radical (unpaired) electrons. The molecule has 0 aliphatic heterocycles. The van der Waals surface area contributed by atoms with Gasteiger partial charge in [0, 0.05) is 24.6 Å². The summed E-state index contributed by atoms with van der Waals surface area (Å²) in [5.41, 5.74) is 3.48. The third kappa shape index (κ3) is 4.54. The maximum Gasteiger partial charge on any atom is 0.198 e. The molecule has 0 spiro atoms. The van der Waals surface area contributed by atoms with Crippen molar-refractivity contribution in [2.45, 2.75) is 19.9 Å². The van der Waals surface area contributed by atoms with E-state index >= 15 is 0 Å². The summed E-state index contributed by atoms with van der Waals surface area (Å²) in [5, 5.41) is 8.00. The lowest BCUT2D eigenvalue weighted by Gasteiger charge is -2.12. The number of hydrogen-bond donors (Lipinski definition) is 1. The van der Waals surface area contributed by atoms with E-state index in [0.717, 1.165) is 28.3 Å². The van der Waals surface area contributed by atoms with Crippen LogP contribution < -0.4 is 14.8 Å². The zero-order valence-electron chi connectivity index (χ0n) is 17.3. The second kappa shape index (κ2) is 9.58. The number of fused-ring (bicyclic) bond motifs is 1. The van der Waals surface area contributed by atoms with Crippen LogP contribution in [-0.2, 0) is 13.0 Å². The normalized spacial score (nSPS) is 11.4. The van der Waals surface area contributed by atoms with Crippen molar-refractivity contribution in [1.29, 1.82) is 0 Å². The maximum absolute atomic E-state index is 5.48. The standard InChI is InChI=1S/C22H24BrN5O2/c1-6-8-15(7-2)11-19-25-22-21(26-20(23)14(3)28(22)27-19)24-13-16-9-10-17(29-4)12-18(16)30-5/h6-10,12H,1-2,11,13H2,3-5H3,(H,24,26)/b15-8+. The van der Waals surface area contributed by atoms with Gasteiger partial charge in [0.15, 0.2) is 17.3 Å². The van der Waals surface area contributed by atoms with Crippen LogP contribution >= 0.6 is 15.9 Å². The van der Waals surface area contributed by atoms with Crippen LogP contribution in [0.3, 0.4) is 0 Å². The van der Waals surface area contributed by atoms with Gasteiger partial charge in [0.1, 0.15) is 16.1 Å². The Morgan fingerprint density at radius 2 is 2.03 bits per heavy atom. The number of aryl methyl sites for hydroxylation is 1. The molecule has 8 heteroatoms. The smallest absolute Gasteiger partial charge is 0.198 e. The van der Waals surface area contributed by atoms with E-state index in [1.54, 1.807) is 30.9 Å². The second-order valence-electron chi connectivity index (χ2n) is 6.49. The number of allylic oxidation sites excluding steroid dienone is 4. The molecule has 3 aromatic rings. The fourth-order valence-corrected chi connectivity index (χ4v) is 3.31. The zero-order chi connectivity index (χ0) is 21.7. The van der Waals surface area contributed by atoms with Crippen molar-refractivity contribution in [2.24, 2.45) is 0 Å². The average Bonchev–Trinajstić information content (AvgIpc) is 3.19. The van der Waals surface area contributed by atoms with Gasteiger partial charge < -0.3 is 14.8 Å². The predicted molar refractivity (Wildman–Crippen MR) is 122 cm³/mol. The maximum atomic E-state index is 5.48. The number of methoxy groups -OCH3 is 2. The Hall–Kier alpha value is -3.13. The summed E-state index contributed by atoms with van der Waals surface area (Å²) in [4.78, 5) is 9.32. The Labute approximate surface area is 184 Å². The number of nitrogens with one attached hydrogen (secondary N) is 1. The lowest BCUT2D eigenvalue weighted by atomic mass is 10.1. The van der Waals surface area contributed by atoms with E-state index in [9.17, 15) is 0 Å². The SMILES string of the molecule is C=C/C=C(\C=C)Cc1nc2c(NCc3ccc(OC)cc3OC)nc(Br)c(C)n2n1. The third-order valence-corrected chi connectivity index (χ3v) is 5.34. The zero-order valence-corrected chi connectivity index (χ0v) is 18.9. The summed E-state index contributed by atoms with van der Waals surface area (Å²) in [7, 11) is 3.26. The molecule has 1 N–H and O–H groups in total. The molecule has 0 saturated carbocycles. The Morgan fingerprint density at radius 1 is 1.23 bits per heavy atom. The van der Waals surface area contributed by atoms with Crippen LogP contribution in [0.5, 0.6) is 11.5 Å². The van der Waals surface area contributed by atoms with Crippen molar-refractivity contribution >= 4 is 27.4 Å². The summed E-state index contributed by atoms with van der Waals surface area (Å²) in [5.74, 6) is 2.77. The van der Waals surface area contributed by atoms with Crippen molar-refractivity contribution < 1.29 is 9.47 Å². The van der Waals surface area contributed by atoms with Gasteiger partial charge in [-0.05, 0) is 40.6 Å². The third-order valence-electron chi connectivity index (χ3n) is 4.59. The Kier molecular flexibility index (Phi) is 6.89. The number of halogens is 1. The first kappa shape index (κ1) is 21.6. The second-order valence-corrected chi connectivity index (χ2v) is 7.24. The number of rotatable bonds is 9. The van der Waals surface area contributed by atoms with Crippen molar-refractivity contribution in [3.8, 4) is 11.5 Å². The van der Waals surface area contributed by atoms with Gasteiger partial charge in [-0.3, -0.25) is 0 Å². The Bertz CT molecular complexity index is 1120. The van der Waals surface area contributed by atoms with Crippen molar-refractivity contribution in [1.82, 2.24) is 19.6 Å². The molecule has 2 heterocycles. The van der Waals surface area contributed by atoms with Gasteiger partial charge >= 0.3 is 0 Å². The van der Waals surface area contributed by atoms with Gasteiger partial charge in [0.05, 0.1) is 19.9 Å². The largest absolute Gasteiger partial charge is 0.497 e. The van der Waals surface area contributed by atoms with Crippen LogP contribution in [0.2, 0.25) is 0 Å². The molecule has 0 saturated heterocycles. The number of ether oxygens (including phenoxy) is 2. The van der Waals surface area contributed by atoms with Crippen molar-refractivity contribution in [3.05, 3.63) is 76.8 Å². The first-order valence-corrected chi connectivity index (χ1v) is 10.1.